The predicted molar refractivity (Wildman–Crippen MR) is 267 cm³/mol. The molecule has 1 aromatic heterocycles. The summed E-state index contributed by atoms with van der Waals surface area (Å²) in [6, 6.07) is 92.1. The van der Waals surface area contributed by atoms with Crippen molar-refractivity contribution in [1.29, 1.82) is 0 Å². The maximum Gasteiger partial charge on any atom is 0.179 e. The number of aromatic nitrogens is 1. The van der Waals surface area contributed by atoms with E-state index < -0.39 is 13.5 Å². The molecule has 0 atom stereocenters. The van der Waals surface area contributed by atoms with Crippen LogP contribution in [0.25, 0.3) is 49.7 Å². The van der Waals surface area contributed by atoms with Gasteiger partial charge in [-0.05, 0) is 90.0 Å². The molecule has 3 heteroatoms. The van der Waals surface area contributed by atoms with Gasteiger partial charge in [0.25, 0.3) is 0 Å². The van der Waals surface area contributed by atoms with Gasteiger partial charge in [-0.15, -0.1) is 0 Å². The van der Waals surface area contributed by atoms with Crippen LogP contribution < -0.4 is 20.7 Å². The van der Waals surface area contributed by atoms with Crippen molar-refractivity contribution in [2.75, 3.05) is 0 Å². The third-order valence-corrected chi connectivity index (χ3v) is 18.5. The number of nitrogens with zero attached hydrogens (tertiary/aromatic N) is 1. The van der Waals surface area contributed by atoms with Gasteiger partial charge < -0.3 is 4.57 Å². The summed E-state index contributed by atoms with van der Waals surface area (Å²) >= 11 is 0. The molecule has 0 amide bonds. The normalized spacial score (nSPS) is 12.9. The Hall–Kier alpha value is -7.85. The quantitative estimate of drug-likeness (QED) is 0.106. The molecular formula is C61H42FNSi. The summed E-state index contributed by atoms with van der Waals surface area (Å²) in [5.41, 5.74) is 11.6. The summed E-state index contributed by atoms with van der Waals surface area (Å²) in [5.74, 6) is -0.224. The van der Waals surface area contributed by atoms with Crippen LogP contribution in [0.2, 0.25) is 0 Å². The first-order valence-corrected chi connectivity index (χ1v) is 24.0. The maximum absolute atomic E-state index is 15.2. The van der Waals surface area contributed by atoms with Gasteiger partial charge in [-0.1, -0.05) is 224 Å². The standard InChI is InChI=1S/C61H42FNSi/c62-58-30-16-12-24-51(58)43-32-41-55-54-27-13-17-31-59(54)63(60(55)42-43)46-37-33-44(34-38-46)61(56-28-14-10-25-52(56)53-26-11-15-29-57(53)61)45-35-39-50(40-36-45)64(47-18-4-1-5-19-47,48-20-6-2-7-21-48)49-22-8-3-9-23-49/h1-42H. The van der Waals surface area contributed by atoms with Gasteiger partial charge in [0, 0.05) is 22.0 Å². The Kier molecular flexibility index (Phi) is 8.99. The zero-order valence-electron chi connectivity index (χ0n) is 35.1. The fraction of sp³-hybridized carbons (Fsp3) is 0.0164. The number of rotatable bonds is 8. The van der Waals surface area contributed by atoms with Crippen molar-refractivity contribution >= 4 is 50.6 Å². The van der Waals surface area contributed by atoms with Crippen LogP contribution in [0.5, 0.6) is 0 Å². The first kappa shape index (κ1) is 37.9. The van der Waals surface area contributed by atoms with E-state index in [4.69, 9.17) is 0 Å². The maximum atomic E-state index is 15.2. The van der Waals surface area contributed by atoms with Gasteiger partial charge in [0.1, 0.15) is 5.82 Å². The molecule has 1 nitrogen and oxygen atoms in total. The Labute approximate surface area is 374 Å². The Morgan fingerprint density at radius 2 is 0.781 bits per heavy atom. The lowest BCUT2D eigenvalue weighted by molar-refractivity contribution is 0.631. The van der Waals surface area contributed by atoms with E-state index in [1.165, 1.54) is 60.2 Å². The fourth-order valence-corrected chi connectivity index (χ4v) is 15.8. The van der Waals surface area contributed by atoms with Gasteiger partial charge in [0.2, 0.25) is 0 Å². The number of hydrogen-bond donors (Lipinski definition) is 0. The third kappa shape index (κ3) is 5.61. The van der Waals surface area contributed by atoms with E-state index in [1.807, 2.05) is 18.2 Å². The number of para-hydroxylation sites is 1. The molecule has 0 saturated heterocycles. The molecule has 302 valence electrons. The van der Waals surface area contributed by atoms with Gasteiger partial charge in [-0.3, -0.25) is 0 Å². The number of halogens is 1. The highest BCUT2D eigenvalue weighted by Gasteiger charge is 2.47. The van der Waals surface area contributed by atoms with Crippen molar-refractivity contribution in [1.82, 2.24) is 4.57 Å². The van der Waals surface area contributed by atoms with Crippen molar-refractivity contribution in [2.45, 2.75) is 5.41 Å². The largest absolute Gasteiger partial charge is 0.309 e. The monoisotopic (exact) mass is 835 g/mol. The second kappa shape index (κ2) is 15.2. The summed E-state index contributed by atoms with van der Waals surface area (Å²) < 4.78 is 17.5. The average molecular weight is 836 g/mol. The minimum absolute atomic E-state index is 0.224. The molecule has 12 rings (SSSR count). The third-order valence-electron chi connectivity index (χ3n) is 13.7. The SMILES string of the molecule is Fc1ccccc1-c1ccc2c3ccccc3n(-c3ccc(C4(c5ccc([Si](c6ccccc6)(c6ccccc6)c6ccccc6)cc5)c5ccccc5-c5ccccc54)cc3)c2c1. The minimum Gasteiger partial charge on any atom is -0.309 e. The highest BCUT2D eigenvalue weighted by Crippen LogP contribution is 2.56. The zero-order valence-corrected chi connectivity index (χ0v) is 36.1. The van der Waals surface area contributed by atoms with Crippen LogP contribution >= 0.6 is 0 Å². The van der Waals surface area contributed by atoms with Crippen LogP contribution in [0, 0.1) is 5.82 Å². The molecule has 0 radical (unpaired) electrons. The number of benzene rings is 10. The molecule has 1 aliphatic carbocycles. The minimum atomic E-state index is -2.75. The van der Waals surface area contributed by atoms with Crippen molar-refractivity contribution in [3.8, 4) is 27.9 Å². The van der Waals surface area contributed by atoms with Crippen LogP contribution in [-0.2, 0) is 5.41 Å². The Morgan fingerprint density at radius 1 is 0.344 bits per heavy atom. The van der Waals surface area contributed by atoms with E-state index in [0.29, 0.717) is 5.56 Å². The predicted octanol–water partition coefficient (Wildman–Crippen LogP) is 12.3. The molecule has 1 heterocycles. The first-order valence-electron chi connectivity index (χ1n) is 22.0. The van der Waals surface area contributed by atoms with Crippen LogP contribution in [0.3, 0.4) is 0 Å². The highest BCUT2D eigenvalue weighted by molar-refractivity contribution is 7.19. The van der Waals surface area contributed by atoms with Crippen LogP contribution in [-0.4, -0.2) is 12.6 Å². The summed E-state index contributed by atoms with van der Waals surface area (Å²) in [5, 5.41) is 7.70. The lowest BCUT2D eigenvalue weighted by atomic mass is 9.68. The van der Waals surface area contributed by atoms with Gasteiger partial charge in [0.05, 0.1) is 16.4 Å². The molecule has 0 fully saturated rings. The molecule has 1 aliphatic rings. The number of fused-ring (bicyclic) bond motifs is 6. The molecule has 64 heavy (non-hydrogen) atoms. The summed E-state index contributed by atoms with van der Waals surface area (Å²) in [6.07, 6.45) is 0. The average Bonchev–Trinajstić information content (AvgIpc) is 3.86. The molecule has 11 aromatic rings. The molecule has 0 spiro atoms. The Bertz CT molecular complexity index is 3340. The van der Waals surface area contributed by atoms with E-state index in [9.17, 15) is 0 Å². The highest BCUT2D eigenvalue weighted by atomic mass is 28.3. The van der Waals surface area contributed by atoms with Crippen LogP contribution in [0.4, 0.5) is 4.39 Å². The van der Waals surface area contributed by atoms with Crippen molar-refractivity contribution in [2.24, 2.45) is 0 Å². The van der Waals surface area contributed by atoms with Crippen molar-refractivity contribution < 1.29 is 4.39 Å². The van der Waals surface area contributed by atoms with Crippen LogP contribution in [0.1, 0.15) is 22.3 Å². The second-order valence-electron chi connectivity index (χ2n) is 16.9. The van der Waals surface area contributed by atoms with Crippen molar-refractivity contribution in [3.63, 3.8) is 0 Å². The lowest BCUT2D eigenvalue weighted by Gasteiger charge is -2.36. The van der Waals surface area contributed by atoms with E-state index in [1.54, 1.807) is 6.07 Å². The molecule has 0 saturated carbocycles. The molecular weight excluding hydrogens is 794 g/mol. The van der Waals surface area contributed by atoms with E-state index >= 15 is 4.39 Å². The van der Waals surface area contributed by atoms with Crippen molar-refractivity contribution in [3.05, 3.63) is 283 Å². The Morgan fingerprint density at radius 3 is 1.34 bits per heavy atom. The summed E-state index contributed by atoms with van der Waals surface area (Å²) in [6.45, 7) is 0. The molecule has 0 unspecified atom stereocenters. The smallest absolute Gasteiger partial charge is 0.179 e. The van der Waals surface area contributed by atoms with Gasteiger partial charge in [0.15, 0.2) is 8.07 Å². The van der Waals surface area contributed by atoms with Gasteiger partial charge >= 0.3 is 0 Å². The van der Waals surface area contributed by atoms with Gasteiger partial charge in [-0.2, -0.15) is 0 Å². The van der Waals surface area contributed by atoms with Gasteiger partial charge in [-0.25, -0.2) is 4.39 Å². The molecule has 10 aromatic carbocycles. The van der Waals surface area contributed by atoms with E-state index in [2.05, 4.69) is 229 Å². The second-order valence-corrected chi connectivity index (χ2v) is 20.7. The van der Waals surface area contributed by atoms with E-state index in [0.717, 1.165) is 33.1 Å². The fourth-order valence-electron chi connectivity index (χ4n) is 11.0. The summed E-state index contributed by atoms with van der Waals surface area (Å²) in [4.78, 5) is 0. The lowest BCUT2D eigenvalue weighted by Crippen LogP contribution is -2.74. The Balaban J connectivity index is 1.07. The summed E-state index contributed by atoms with van der Waals surface area (Å²) in [7, 11) is -2.75. The molecule has 0 N–H and O–H groups in total. The molecule has 0 bridgehead atoms. The number of hydrogen-bond acceptors (Lipinski definition) is 0. The molecule has 0 aliphatic heterocycles. The van der Waals surface area contributed by atoms with E-state index in [-0.39, 0.29) is 5.82 Å². The van der Waals surface area contributed by atoms with Crippen LogP contribution in [0.15, 0.2) is 255 Å². The zero-order chi connectivity index (χ0) is 42.7. The first-order chi connectivity index (χ1) is 31.7. The topological polar surface area (TPSA) is 4.93 Å².